The van der Waals surface area contributed by atoms with Crippen LogP contribution in [-0.4, -0.2) is 41.9 Å². The van der Waals surface area contributed by atoms with Crippen molar-refractivity contribution in [3.05, 3.63) is 0 Å². The van der Waals surface area contributed by atoms with E-state index in [1.807, 2.05) is 0 Å². The number of carbonyl (C=O) groups is 2. The third-order valence-corrected chi connectivity index (χ3v) is 3.23. The number of hydrogen-bond acceptors (Lipinski definition) is 3. The average Bonchev–Trinajstić information content (AvgIpc) is 2.34. The van der Waals surface area contributed by atoms with Crippen molar-refractivity contribution in [3.63, 3.8) is 0 Å². The molecular weight excluding hydrogens is 279 g/mol. The van der Waals surface area contributed by atoms with Crippen molar-refractivity contribution in [3.8, 4) is 0 Å². The highest BCUT2D eigenvalue weighted by Gasteiger charge is 2.40. The monoisotopic (exact) mass is 297 g/mol. The van der Waals surface area contributed by atoms with Gasteiger partial charge in [0.1, 0.15) is 12.1 Å². The minimum atomic E-state index is -4.43. The van der Waals surface area contributed by atoms with E-state index < -0.39 is 30.2 Å². The normalized spacial score (nSPS) is 18.6. The van der Waals surface area contributed by atoms with Crippen LogP contribution in [0, 0.1) is 0 Å². The van der Waals surface area contributed by atoms with Crippen LogP contribution in [0.15, 0.2) is 0 Å². The van der Waals surface area contributed by atoms with Gasteiger partial charge in [0, 0.05) is 6.42 Å². The Bertz CT molecular complexity index is 351. The Hall–Kier alpha value is -1.31. The average molecular weight is 297 g/mol. The largest absolute Gasteiger partial charge is 0.480 e. The lowest BCUT2D eigenvalue weighted by Gasteiger charge is -2.34. The molecule has 1 amide bonds. The van der Waals surface area contributed by atoms with Gasteiger partial charge >= 0.3 is 12.1 Å². The molecule has 2 N–H and O–H groups in total. The molecule has 0 radical (unpaired) electrons. The standard InChI is InChI=1S/C12H18F3NO4/c13-12(14,15)8-20-7-4-9(17)16-11(10(18)19)5-2-1-3-6-11/h1-8H2,(H,16,17)(H,18,19). The van der Waals surface area contributed by atoms with Crippen molar-refractivity contribution >= 4 is 11.9 Å². The minimum Gasteiger partial charge on any atom is -0.480 e. The quantitative estimate of drug-likeness (QED) is 0.734. The van der Waals surface area contributed by atoms with Gasteiger partial charge in [-0.2, -0.15) is 13.2 Å². The molecule has 0 aromatic carbocycles. The maximum atomic E-state index is 11.8. The van der Waals surface area contributed by atoms with Crippen molar-refractivity contribution in [1.82, 2.24) is 5.32 Å². The Morgan fingerprint density at radius 1 is 1.20 bits per heavy atom. The molecule has 0 bridgehead atoms. The molecule has 0 unspecified atom stereocenters. The van der Waals surface area contributed by atoms with Crippen LogP contribution in [0.3, 0.4) is 0 Å². The summed E-state index contributed by atoms with van der Waals surface area (Å²) < 4.78 is 39.8. The van der Waals surface area contributed by atoms with Crippen molar-refractivity contribution in [2.24, 2.45) is 0 Å². The Kier molecular flexibility index (Phi) is 5.79. The zero-order valence-corrected chi connectivity index (χ0v) is 11.0. The van der Waals surface area contributed by atoms with Crippen molar-refractivity contribution in [1.29, 1.82) is 0 Å². The number of ether oxygens (including phenoxy) is 1. The summed E-state index contributed by atoms with van der Waals surface area (Å²) in [5, 5.41) is 11.7. The highest BCUT2D eigenvalue weighted by Crippen LogP contribution is 2.28. The predicted octanol–water partition coefficient (Wildman–Crippen LogP) is 1.86. The summed E-state index contributed by atoms with van der Waals surface area (Å²) >= 11 is 0. The fourth-order valence-corrected chi connectivity index (χ4v) is 2.23. The molecule has 5 nitrogen and oxygen atoms in total. The van der Waals surface area contributed by atoms with Gasteiger partial charge in [0.05, 0.1) is 6.61 Å². The molecular formula is C12H18F3NO4. The summed E-state index contributed by atoms with van der Waals surface area (Å²) in [5.41, 5.74) is -1.28. The number of aliphatic carboxylic acids is 1. The van der Waals surface area contributed by atoms with Crippen LogP contribution in [0.2, 0.25) is 0 Å². The van der Waals surface area contributed by atoms with E-state index in [1.165, 1.54) is 0 Å². The molecule has 8 heteroatoms. The number of halogens is 3. The van der Waals surface area contributed by atoms with Crippen LogP contribution < -0.4 is 5.32 Å². The number of alkyl halides is 3. The van der Waals surface area contributed by atoms with Crippen LogP contribution in [0.25, 0.3) is 0 Å². The van der Waals surface area contributed by atoms with Crippen LogP contribution in [0.4, 0.5) is 13.2 Å². The number of carboxylic acid groups (broad SMARTS) is 1. The first-order chi connectivity index (χ1) is 9.25. The van der Waals surface area contributed by atoms with Gasteiger partial charge in [0.25, 0.3) is 0 Å². The van der Waals surface area contributed by atoms with Crippen molar-refractivity contribution in [2.45, 2.75) is 50.2 Å². The van der Waals surface area contributed by atoms with E-state index in [1.54, 1.807) is 0 Å². The summed E-state index contributed by atoms with van der Waals surface area (Å²) in [4.78, 5) is 22.9. The fraction of sp³-hybridized carbons (Fsp3) is 0.833. The topological polar surface area (TPSA) is 75.6 Å². The summed E-state index contributed by atoms with van der Waals surface area (Å²) in [5.74, 6) is -1.70. The molecule has 116 valence electrons. The number of carbonyl (C=O) groups excluding carboxylic acids is 1. The van der Waals surface area contributed by atoms with Gasteiger partial charge in [-0.1, -0.05) is 19.3 Å². The lowest BCUT2D eigenvalue weighted by atomic mass is 9.81. The molecule has 1 aliphatic carbocycles. The molecule has 1 rings (SSSR count). The summed E-state index contributed by atoms with van der Waals surface area (Å²) in [6.45, 7) is -1.80. The van der Waals surface area contributed by atoms with E-state index in [2.05, 4.69) is 10.1 Å². The van der Waals surface area contributed by atoms with Gasteiger partial charge in [0.15, 0.2) is 0 Å². The van der Waals surface area contributed by atoms with E-state index in [4.69, 9.17) is 0 Å². The van der Waals surface area contributed by atoms with Crippen LogP contribution >= 0.6 is 0 Å². The Labute approximate surface area is 114 Å². The van der Waals surface area contributed by atoms with Crippen LogP contribution in [0.5, 0.6) is 0 Å². The van der Waals surface area contributed by atoms with Crippen molar-refractivity contribution in [2.75, 3.05) is 13.2 Å². The lowest BCUT2D eigenvalue weighted by molar-refractivity contribution is -0.174. The Balaban J connectivity index is 2.37. The second kappa shape index (κ2) is 6.92. The van der Waals surface area contributed by atoms with E-state index >= 15 is 0 Å². The number of hydrogen-bond donors (Lipinski definition) is 2. The molecule has 0 spiro atoms. The summed E-state index contributed by atoms with van der Waals surface area (Å²) in [7, 11) is 0. The Morgan fingerprint density at radius 2 is 1.80 bits per heavy atom. The third kappa shape index (κ3) is 5.36. The van der Waals surface area contributed by atoms with Gasteiger partial charge in [-0.3, -0.25) is 4.79 Å². The maximum Gasteiger partial charge on any atom is 0.411 e. The molecule has 0 aromatic rings. The fourth-order valence-electron chi connectivity index (χ4n) is 2.23. The second-order valence-electron chi connectivity index (χ2n) is 4.91. The number of nitrogens with one attached hydrogen (secondary N) is 1. The first-order valence-electron chi connectivity index (χ1n) is 6.44. The molecule has 1 fully saturated rings. The number of amides is 1. The molecule has 0 atom stereocenters. The Morgan fingerprint density at radius 3 is 2.30 bits per heavy atom. The number of carboxylic acids is 1. The molecule has 0 aliphatic heterocycles. The smallest absolute Gasteiger partial charge is 0.411 e. The van der Waals surface area contributed by atoms with E-state index in [-0.39, 0.29) is 13.0 Å². The van der Waals surface area contributed by atoms with E-state index in [0.717, 1.165) is 6.42 Å². The molecule has 1 saturated carbocycles. The molecule has 20 heavy (non-hydrogen) atoms. The summed E-state index contributed by atoms with van der Waals surface area (Å²) in [6, 6.07) is 0. The maximum absolute atomic E-state index is 11.8. The van der Waals surface area contributed by atoms with Gasteiger partial charge in [-0.15, -0.1) is 0 Å². The molecule has 0 aromatic heterocycles. The van der Waals surface area contributed by atoms with Crippen molar-refractivity contribution < 1.29 is 32.6 Å². The van der Waals surface area contributed by atoms with Crippen LogP contribution in [0.1, 0.15) is 38.5 Å². The first kappa shape index (κ1) is 16.7. The SMILES string of the molecule is O=C(CCOCC(F)(F)F)NC1(C(=O)O)CCCCC1. The summed E-state index contributed by atoms with van der Waals surface area (Å²) in [6.07, 6.45) is -1.70. The highest BCUT2D eigenvalue weighted by atomic mass is 19.4. The predicted molar refractivity (Wildman–Crippen MR) is 63.1 cm³/mol. The zero-order valence-electron chi connectivity index (χ0n) is 11.0. The minimum absolute atomic E-state index is 0.287. The lowest BCUT2D eigenvalue weighted by Crippen LogP contribution is -2.55. The molecule has 0 saturated heterocycles. The number of rotatable bonds is 6. The van der Waals surface area contributed by atoms with Gasteiger partial charge in [-0.25, -0.2) is 4.79 Å². The van der Waals surface area contributed by atoms with Gasteiger partial charge in [-0.05, 0) is 12.8 Å². The van der Waals surface area contributed by atoms with E-state index in [9.17, 15) is 27.9 Å². The first-order valence-corrected chi connectivity index (χ1v) is 6.44. The highest BCUT2D eigenvalue weighted by molar-refractivity contribution is 5.87. The van der Waals surface area contributed by atoms with E-state index in [0.29, 0.717) is 25.7 Å². The zero-order chi connectivity index (χ0) is 15.2. The van der Waals surface area contributed by atoms with Gasteiger partial charge < -0.3 is 15.2 Å². The third-order valence-electron chi connectivity index (χ3n) is 3.23. The van der Waals surface area contributed by atoms with Crippen LogP contribution in [-0.2, 0) is 14.3 Å². The van der Waals surface area contributed by atoms with Gasteiger partial charge in [0.2, 0.25) is 5.91 Å². The second-order valence-corrected chi connectivity index (χ2v) is 4.91. The molecule has 0 heterocycles. The molecule has 1 aliphatic rings.